The van der Waals surface area contributed by atoms with Gasteiger partial charge in [-0.15, -0.1) is 0 Å². The van der Waals surface area contributed by atoms with Gasteiger partial charge in [0.1, 0.15) is 36.5 Å². The second-order valence-corrected chi connectivity index (χ2v) is 16.9. The minimum Gasteiger partial charge on any atom is -0.471 e. The van der Waals surface area contributed by atoms with E-state index >= 15 is 0 Å². The van der Waals surface area contributed by atoms with E-state index in [1.54, 1.807) is 71.0 Å². The van der Waals surface area contributed by atoms with Gasteiger partial charge in [0.05, 0.1) is 46.1 Å². The molecule has 76 heavy (non-hydrogen) atoms. The summed E-state index contributed by atoms with van der Waals surface area (Å²) in [4.78, 5) is 71.6. The highest BCUT2D eigenvalue weighted by Gasteiger charge is 2.18. The molecule has 0 bridgehead atoms. The van der Waals surface area contributed by atoms with Gasteiger partial charge in [-0.25, -0.2) is 24.0 Å². The Balaban J connectivity index is 1.86. The van der Waals surface area contributed by atoms with Crippen molar-refractivity contribution in [3.63, 3.8) is 0 Å². The Morgan fingerprint density at radius 3 is 1.17 bits per heavy atom. The van der Waals surface area contributed by atoms with Gasteiger partial charge in [0, 0.05) is 54.4 Å². The summed E-state index contributed by atoms with van der Waals surface area (Å²) in [7, 11) is 0. The number of anilines is 3. The zero-order valence-electron chi connectivity index (χ0n) is 43.5. The van der Waals surface area contributed by atoms with Crippen LogP contribution >= 0.6 is 0 Å². The Morgan fingerprint density at radius 2 is 0.868 bits per heavy atom. The third-order valence-electron chi connectivity index (χ3n) is 11.0. The number of aliphatic hydroxyl groups is 1. The molecule has 17 nitrogen and oxygen atoms in total. The highest BCUT2D eigenvalue weighted by molar-refractivity contribution is 5.99. The molecule has 4 aromatic rings. The van der Waals surface area contributed by atoms with Crippen molar-refractivity contribution in [2.24, 2.45) is 0 Å². The number of aliphatic hydroxyl groups excluding tert-OH is 1. The first-order valence-corrected chi connectivity index (χ1v) is 24.3. The number of ether oxygens (including phenoxy) is 5. The lowest BCUT2D eigenvalue weighted by molar-refractivity contribution is -0.139. The molecule has 394 valence electrons. The molecule has 0 heterocycles. The van der Waals surface area contributed by atoms with E-state index in [-0.39, 0.29) is 93.8 Å². The third kappa shape index (κ3) is 18.7. The smallest absolute Gasteiger partial charge is 0.348 e. The van der Waals surface area contributed by atoms with Gasteiger partial charge in [0.25, 0.3) is 5.70 Å². The molecule has 17 heteroatoms. The van der Waals surface area contributed by atoms with Gasteiger partial charge in [-0.05, 0) is 123 Å². The standard InChI is InChI=1S/C59H62N6O11/c1-9-72-57(69)49(36-60)33-43-12-18-51(19-13-43)63(24-27-66)38-46-30-47(39-64(25-28-75-55(67)41(4)5)52-20-14-44(15-21-52)34-50(37-61)58(70)73-10-2)32-48(31-46)40-65(26-29-76-56(68)42(6)7)53-22-16-45(17-23-53)35-54(62-8)59(71)74-11-3/h12-23,30-35,66H,4,6,9-11,24-29,38-40H2,1-3,5,7H3/b49-33-,50-34-,54-35+. The maximum atomic E-state index is 12.5. The monoisotopic (exact) mass is 1030 g/mol. The van der Waals surface area contributed by atoms with Crippen LogP contribution in [0.3, 0.4) is 0 Å². The van der Waals surface area contributed by atoms with E-state index in [0.717, 1.165) is 33.8 Å². The van der Waals surface area contributed by atoms with Crippen molar-refractivity contribution in [3.8, 4) is 12.1 Å². The average molecular weight is 1030 g/mol. The highest BCUT2D eigenvalue weighted by Crippen LogP contribution is 2.27. The summed E-state index contributed by atoms with van der Waals surface area (Å²) in [5.74, 6) is -3.29. The van der Waals surface area contributed by atoms with Crippen LogP contribution in [0.4, 0.5) is 17.1 Å². The fourth-order valence-electron chi connectivity index (χ4n) is 7.41. The van der Waals surface area contributed by atoms with Gasteiger partial charge >= 0.3 is 29.8 Å². The zero-order valence-corrected chi connectivity index (χ0v) is 43.5. The van der Waals surface area contributed by atoms with Crippen LogP contribution < -0.4 is 14.7 Å². The second-order valence-electron chi connectivity index (χ2n) is 16.9. The van der Waals surface area contributed by atoms with Crippen LogP contribution in [0.1, 0.15) is 68.0 Å². The van der Waals surface area contributed by atoms with Gasteiger partial charge in [0.2, 0.25) is 0 Å². The van der Waals surface area contributed by atoms with Gasteiger partial charge in [-0.3, -0.25) is 4.79 Å². The summed E-state index contributed by atoms with van der Waals surface area (Å²) in [6.07, 6.45) is 4.33. The van der Waals surface area contributed by atoms with Crippen LogP contribution in [0.5, 0.6) is 0 Å². The molecule has 0 aromatic heterocycles. The molecule has 0 aliphatic carbocycles. The van der Waals surface area contributed by atoms with Crippen molar-refractivity contribution in [3.05, 3.63) is 177 Å². The van der Waals surface area contributed by atoms with E-state index in [1.165, 1.54) is 18.2 Å². The number of nitrogens with zero attached hydrogens (tertiary/aromatic N) is 6. The normalized spacial score (nSPS) is 11.2. The van der Waals surface area contributed by atoms with Gasteiger partial charge in [0.15, 0.2) is 0 Å². The summed E-state index contributed by atoms with van der Waals surface area (Å²) in [5, 5.41) is 29.6. The molecule has 0 unspecified atom stereocenters. The lowest BCUT2D eigenvalue weighted by atomic mass is 10.0. The molecule has 0 fully saturated rings. The van der Waals surface area contributed by atoms with Crippen molar-refractivity contribution in [1.29, 1.82) is 10.5 Å². The van der Waals surface area contributed by atoms with Crippen LogP contribution in [-0.2, 0) is 67.3 Å². The molecule has 0 spiro atoms. The minimum absolute atomic E-state index is 0.00543. The number of benzene rings is 4. The topological polar surface area (TPSA) is 213 Å². The molecule has 4 rings (SSSR count). The number of hydrogen-bond donors (Lipinski definition) is 1. The third-order valence-corrected chi connectivity index (χ3v) is 11.0. The molecular weight excluding hydrogens is 969 g/mol. The SMILES string of the molecule is [C-]#[N+]/C(=C/c1ccc(N(CCOC(=O)C(=C)C)Cc2cc(CN(CCO)c3ccc(/C=C(/C#N)C(=O)OCC)cc3)cc(CN(CCOC(=O)C(=C)C)c3ccc(/C=C(/C#N)C(=O)OCC)cc3)c2)cc1)C(=O)OCC. The largest absolute Gasteiger partial charge is 0.471 e. The van der Waals surface area contributed by atoms with Crippen LogP contribution in [0, 0.1) is 29.2 Å². The van der Waals surface area contributed by atoms with Crippen molar-refractivity contribution < 1.29 is 52.8 Å². The van der Waals surface area contributed by atoms with E-state index < -0.39 is 29.8 Å². The van der Waals surface area contributed by atoms with Gasteiger partial charge in [-0.2, -0.15) is 10.5 Å². The predicted molar refractivity (Wildman–Crippen MR) is 289 cm³/mol. The fraction of sp³-hybridized carbons (Fsp3) is 0.288. The molecule has 0 aliphatic rings. The molecule has 0 amide bonds. The quantitative estimate of drug-likeness (QED) is 0.0185. The van der Waals surface area contributed by atoms with E-state index in [2.05, 4.69) is 18.0 Å². The highest BCUT2D eigenvalue weighted by atomic mass is 16.5. The van der Waals surface area contributed by atoms with Crippen LogP contribution in [0.15, 0.2) is 132 Å². The maximum absolute atomic E-state index is 12.5. The molecule has 0 radical (unpaired) electrons. The molecular formula is C59H62N6O11. The maximum Gasteiger partial charge on any atom is 0.348 e. The van der Waals surface area contributed by atoms with Crippen molar-refractivity contribution in [1.82, 2.24) is 0 Å². The van der Waals surface area contributed by atoms with Crippen molar-refractivity contribution in [2.75, 3.05) is 74.0 Å². The van der Waals surface area contributed by atoms with E-state index in [0.29, 0.717) is 29.8 Å². The minimum atomic E-state index is -0.737. The first-order valence-electron chi connectivity index (χ1n) is 24.3. The van der Waals surface area contributed by atoms with E-state index in [9.17, 15) is 39.6 Å². The Kier molecular flexibility index (Phi) is 24.0. The van der Waals surface area contributed by atoms with Gasteiger partial charge in [-0.1, -0.05) is 67.8 Å². The van der Waals surface area contributed by atoms with Crippen LogP contribution in [0.2, 0.25) is 0 Å². The molecule has 0 saturated heterocycles. The molecule has 4 aromatic carbocycles. The Hall–Kier alpha value is -9.24. The van der Waals surface area contributed by atoms with Crippen molar-refractivity contribution >= 4 is 65.1 Å². The van der Waals surface area contributed by atoms with Gasteiger partial charge < -0.3 is 43.5 Å². The first-order chi connectivity index (χ1) is 36.6. The van der Waals surface area contributed by atoms with E-state index in [4.69, 9.17) is 30.3 Å². The Morgan fingerprint density at radius 1 is 0.539 bits per heavy atom. The fourth-order valence-corrected chi connectivity index (χ4v) is 7.41. The van der Waals surface area contributed by atoms with Crippen molar-refractivity contribution in [2.45, 2.75) is 54.3 Å². The predicted octanol–water partition coefficient (Wildman–Crippen LogP) is 8.70. The first kappa shape index (κ1) is 59.3. The second kappa shape index (κ2) is 30.7. The Labute approximate surface area is 444 Å². The molecule has 0 atom stereocenters. The molecule has 0 aliphatic heterocycles. The average Bonchev–Trinajstić information content (AvgIpc) is 3.40. The number of carbonyl (C=O) groups is 5. The number of hydrogen-bond acceptors (Lipinski definition) is 16. The molecule has 0 saturated carbocycles. The Bertz CT molecular complexity index is 2790. The summed E-state index contributed by atoms with van der Waals surface area (Å²) in [5.41, 5.74) is 6.46. The summed E-state index contributed by atoms with van der Waals surface area (Å²) >= 11 is 0. The lowest BCUT2D eigenvalue weighted by Crippen LogP contribution is -2.30. The van der Waals surface area contributed by atoms with E-state index in [1.807, 2.05) is 81.4 Å². The summed E-state index contributed by atoms with van der Waals surface area (Å²) in [6, 6.07) is 31.4. The van der Waals surface area contributed by atoms with Crippen LogP contribution in [-0.4, -0.2) is 94.2 Å². The number of esters is 5. The summed E-state index contributed by atoms with van der Waals surface area (Å²) in [6.45, 7) is 24.8. The summed E-state index contributed by atoms with van der Waals surface area (Å²) < 4.78 is 26.2. The zero-order chi connectivity index (χ0) is 55.6. The number of rotatable bonds is 28. The number of nitriles is 2. The lowest BCUT2D eigenvalue weighted by Gasteiger charge is -2.29. The molecule has 1 N–H and O–H groups in total. The van der Waals surface area contributed by atoms with Crippen LogP contribution in [0.25, 0.3) is 23.1 Å². The number of carbonyl (C=O) groups excluding carboxylic acids is 5.